The maximum atomic E-state index is 14.2. The van der Waals surface area contributed by atoms with Crippen molar-refractivity contribution in [3.05, 3.63) is 77.0 Å². The largest absolute Gasteiger partial charge is 0.545 e. The fraction of sp³-hybridized carbons (Fsp3) is 0.400. The normalized spacial score (nSPS) is 18.1. The number of rotatable bonds is 9. The zero-order valence-electron chi connectivity index (χ0n) is 22.5. The van der Waals surface area contributed by atoms with Gasteiger partial charge in [0, 0.05) is 37.5 Å². The fourth-order valence-corrected chi connectivity index (χ4v) is 5.64. The van der Waals surface area contributed by atoms with Crippen LogP contribution in [0.4, 0.5) is 4.39 Å². The minimum absolute atomic E-state index is 0.0321. The molecule has 10 nitrogen and oxygen atoms in total. The molecule has 0 spiro atoms. The van der Waals surface area contributed by atoms with E-state index in [0.717, 1.165) is 62.2 Å². The van der Waals surface area contributed by atoms with Crippen LogP contribution in [0.25, 0.3) is 11.0 Å². The highest BCUT2D eigenvalue weighted by molar-refractivity contribution is 5.91. The zero-order valence-corrected chi connectivity index (χ0v) is 22.5. The van der Waals surface area contributed by atoms with Gasteiger partial charge < -0.3 is 23.9 Å². The number of halogens is 1. The Balaban J connectivity index is 1.09. The maximum Gasteiger partial charge on any atom is 0.233 e. The van der Waals surface area contributed by atoms with Gasteiger partial charge in [-0.05, 0) is 55.5 Å². The molecule has 4 heterocycles. The van der Waals surface area contributed by atoms with Gasteiger partial charge >= 0.3 is 0 Å². The lowest BCUT2D eigenvalue weighted by Crippen LogP contribution is -2.35. The molecule has 2 aliphatic heterocycles. The third-order valence-corrected chi connectivity index (χ3v) is 7.91. The number of carbonyl (C=O) groups is 1. The number of piperidine rings is 1. The van der Waals surface area contributed by atoms with Crippen LogP contribution in [0.2, 0.25) is 0 Å². The minimum Gasteiger partial charge on any atom is -0.545 e. The van der Waals surface area contributed by atoms with E-state index in [1.807, 2.05) is 16.9 Å². The Hall–Kier alpha value is -4.27. The monoisotopic (exact) mass is 557 g/mol. The second-order valence-corrected chi connectivity index (χ2v) is 10.6. The van der Waals surface area contributed by atoms with E-state index in [0.29, 0.717) is 24.5 Å². The highest BCUT2D eigenvalue weighted by Crippen LogP contribution is 2.27. The molecule has 4 aromatic rings. The lowest BCUT2D eigenvalue weighted by Gasteiger charge is -2.32. The number of aromatic carboxylic acids is 1. The molecule has 212 valence electrons. The van der Waals surface area contributed by atoms with E-state index in [2.05, 4.69) is 14.6 Å². The number of aromatic nitrogens is 4. The molecule has 0 unspecified atom stereocenters. The summed E-state index contributed by atoms with van der Waals surface area (Å²) in [6, 6.07) is 13.2. The second-order valence-electron chi connectivity index (χ2n) is 10.6. The van der Waals surface area contributed by atoms with Gasteiger partial charge in [-0.15, -0.1) is 5.10 Å². The molecule has 0 radical (unpaired) electrons. The number of ether oxygens (including phenoxy) is 2. The first-order valence-corrected chi connectivity index (χ1v) is 13.9. The van der Waals surface area contributed by atoms with Crippen LogP contribution in [0, 0.1) is 17.1 Å². The van der Waals surface area contributed by atoms with Gasteiger partial charge in [-0.25, -0.2) is 9.37 Å². The van der Waals surface area contributed by atoms with Crippen molar-refractivity contribution in [3.8, 4) is 11.9 Å². The Morgan fingerprint density at radius 2 is 2.02 bits per heavy atom. The van der Waals surface area contributed by atoms with Crippen molar-refractivity contribution in [2.24, 2.45) is 0 Å². The van der Waals surface area contributed by atoms with Crippen LogP contribution in [0.5, 0.6) is 5.88 Å². The quantitative estimate of drug-likeness (QED) is 0.308. The summed E-state index contributed by atoms with van der Waals surface area (Å²) < 4.78 is 29.8. The lowest BCUT2D eigenvalue weighted by atomic mass is 10.1. The number of imidazole rings is 1. The van der Waals surface area contributed by atoms with Crippen LogP contribution in [0.1, 0.15) is 59.0 Å². The van der Waals surface area contributed by atoms with Crippen molar-refractivity contribution in [2.45, 2.75) is 57.5 Å². The number of carbonyl (C=O) groups excluding carboxylic acids is 1. The van der Waals surface area contributed by atoms with Gasteiger partial charge in [0.05, 0.1) is 53.9 Å². The summed E-state index contributed by atoms with van der Waals surface area (Å²) in [5, 5.41) is 25.0. The summed E-state index contributed by atoms with van der Waals surface area (Å²) in [4.78, 5) is 18.7. The predicted molar refractivity (Wildman–Crippen MR) is 144 cm³/mol. The summed E-state index contributed by atoms with van der Waals surface area (Å²) in [6.45, 7) is 3.77. The SMILES string of the molecule is N#Cc1ccc(COc2ccn(C3CCN(Cc4nc5ccc(C(=O)[O-])cc5n4C[C@@H]4CCCO4)CC3)n2)c(F)c1. The van der Waals surface area contributed by atoms with Gasteiger partial charge in [0.15, 0.2) is 0 Å². The number of nitriles is 1. The molecule has 41 heavy (non-hydrogen) atoms. The average Bonchev–Trinajstić information content (AvgIpc) is 3.74. The Morgan fingerprint density at radius 3 is 2.76 bits per heavy atom. The molecule has 0 aliphatic carbocycles. The number of carboxylic acids is 1. The predicted octanol–water partition coefficient (Wildman–Crippen LogP) is 3.20. The Kier molecular flexibility index (Phi) is 7.67. The average molecular weight is 558 g/mol. The van der Waals surface area contributed by atoms with Crippen LogP contribution < -0.4 is 9.84 Å². The van der Waals surface area contributed by atoms with Crippen LogP contribution in [-0.2, 0) is 24.4 Å². The first-order chi connectivity index (χ1) is 20.0. The first-order valence-electron chi connectivity index (χ1n) is 13.9. The number of benzene rings is 2. The van der Waals surface area contributed by atoms with E-state index in [1.54, 1.807) is 36.4 Å². The topological polar surface area (TPSA) is 121 Å². The van der Waals surface area contributed by atoms with Gasteiger partial charge in [0.2, 0.25) is 5.88 Å². The molecule has 0 amide bonds. The smallest absolute Gasteiger partial charge is 0.233 e. The van der Waals surface area contributed by atoms with Gasteiger partial charge in [-0.3, -0.25) is 9.58 Å². The second kappa shape index (κ2) is 11.7. The first kappa shape index (κ1) is 26.9. The highest BCUT2D eigenvalue weighted by Gasteiger charge is 2.25. The summed E-state index contributed by atoms with van der Waals surface area (Å²) in [5.74, 6) is -0.349. The molecule has 11 heteroatoms. The molecular formula is C30H30FN6O4-. The van der Waals surface area contributed by atoms with E-state index in [9.17, 15) is 14.3 Å². The minimum atomic E-state index is -1.20. The van der Waals surface area contributed by atoms with Gasteiger partial charge in [0.25, 0.3) is 0 Å². The van der Waals surface area contributed by atoms with Crippen LogP contribution >= 0.6 is 0 Å². The van der Waals surface area contributed by atoms with E-state index < -0.39 is 11.8 Å². The van der Waals surface area contributed by atoms with E-state index in [-0.39, 0.29) is 29.9 Å². The maximum absolute atomic E-state index is 14.2. The molecule has 2 saturated heterocycles. The Labute approximate surface area is 236 Å². The van der Waals surface area contributed by atoms with E-state index >= 15 is 0 Å². The molecular weight excluding hydrogens is 527 g/mol. The number of fused-ring (bicyclic) bond motifs is 1. The summed E-state index contributed by atoms with van der Waals surface area (Å²) in [5.41, 5.74) is 2.34. The molecule has 2 aliphatic rings. The van der Waals surface area contributed by atoms with Crippen LogP contribution in [0.3, 0.4) is 0 Å². The van der Waals surface area contributed by atoms with Crippen molar-refractivity contribution in [2.75, 3.05) is 19.7 Å². The molecule has 2 fully saturated rings. The van der Waals surface area contributed by atoms with E-state index in [1.165, 1.54) is 6.07 Å². The number of hydrogen-bond donors (Lipinski definition) is 0. The van der Waals surface area contributed by atoms with Crippen LogP contribution in [-0.4, -0.2) is 56.0 Å². The lowest BCUT2D eigenvalue weighted by molar-refractivity contribution is -0.255. The molecule has 0 saturated carbocycles. The number of carboxylic acid groups (broad SMARTS) is 1. The molecule has 6 rings (SSSR count). The molecule has 2 aromatic heterocycles. The third-order valence-electron chi connectivity index (χ3n) is 7.91. The fourth-order valence-electron chi connectivity index (χ4n) is 5.64. The standard InChI is InChI=1S/C30H31FN6O4/c31-25-14-20(16-32)3-4-22(25)19-41-29-9-12-37(34-29)23-7-10-35(11-8-23)18-28-33-26-6-5-21(30(38)39)15-27(26)36(28)17-24-2-1-13-40-24/h3-6,9,12,14-15,23-24H,1-2,7-8,10-11,13,17-19H2,(H,38,39)/p-1/t24-/m0/s1. The highest BCUT2D eigenvalue weighted by atomic mass is 19.1. The number of likely N-dealkylation sites (tertiary alicyclic amines) is 1. The van der Waals surface area contributed by atoms with Gasteiger partial charge in [0.1, 0.15) is 18.2 Å². The molecule has 1 atom stereocenters. The third kappa shape index (κ3) is 5.94. The van der Waals surface area contributed by atoms with Crippen molar-refractivity contribution < 1.29 is 23.8 Å². The molecule has 0 N–H and O–H groups in total. The van der Waals surface area contributed by atoms with Crippen molar-refractivity contribution >= 4 is 17.0 Å². The zero-order chi connectivity index (χ0) is 28.3. The molecule has 0 bridgehead atoms. The summed E-state index contributed by atoms with van der Waals surface area (Å²) in [6.07, 6.45) is 5.77. The van der Waals surface area contributed by atoms with Gasteiger partial charge in [-0.2, -0.15) is 5.26 Å². The Morgan fingerprint density at radius 1 is 1.17 bits per heavy atom. The van der Waals surface area contributed by atoms with Crippen molar-refractivity contribution in [1.29, 1.82) is 5.26 Å². The number of hydrogen-bond acceptors (Lipinski definition) is 8. The van der Waals surface area contributed by atoms with Crippen molar-refractivity contribution in [3.63, 3.8) is 0 Å². The number of nitrogens with zero attached hydrogens (tertiary/aromatic N) is 6. The summed E-state index contributed by atoms with van der Waals surface area (Å²) in [7, 11) is 0. The molecule has 2 aromatic carbocycles. The van der Waals surface area contributed by atoms with Gasteiger partial charge in [-0.1, -0.05) is 12.1 Å². The van der Waals surface area contributed by atoms with Crippen LogP contribution in [0.15, 0.2) is 48.7 Å². The van der Waals surface area contributed by atoms with Crippen molar-refractivity contribution in [1.82, 2.24) is 24.2 Å². The Bertz CT molecular complexity index is 1590. The summed E-state index contributed by atoms with van der Waals surface area (Å²) >= 11 is 0. The van der Waals surface area contributed by atoms with E-state index in [4.69, 9.17) is 19.7 Å².